The van der Waals surface area contributed by atoms with Crippen molar-refractivity contribution in [3.63, 3.8) is 0 Å². The topological polar surface area (TPSA) is 24.5 Å². The molecular formula is C16H24Br2Cl2N2O. The molecule has 4 rings (SSSR count). The molecule has 0 radical (unpaired) electrons. The van der Waals surface area contributed by atoms with Crippen LogP contribution in [0.1, 0.15) is 25.3 Å². The van der Waals surface area contributed by atoms with Gasteiger partial charge in [0.25, 0.3) is 0 Å². The molecule has 132 valence electrons. The zero-order valence-corrected chi connectivity index (χ0v) is 18.0. The van der Waals surface area contributed by atoms with E-state index < -0.39 is 0 Å². The maximum Gasteiger partial charge on any atom is 0.147 e. The first kappa shape index (κ1) is 21.5. The fourth-order valence-electron chi connectivity index (χ4n) is 3.44. The molecule has 3 saturated heterocycles. The zero-order chi connectivity index (χ0) is 14.8. The fraction of sp³-hybridized carbons (Fsp3) is 0.625. The van der Waals surface area contributed by atoms with Gasteiger partial charge in [-0.2, -0.15) is 0 Å². The number of nitrogens with zero attached hydrogens (tertiary/aromatic N) is 1. The molecule has 1 aromatic rings. The summed E-state index contributed by atoms with van der Waals surface area (Å²) < 4.78 is 7.67. The SMILES string of the molecule is CCOc1c(Br)cc(CNC2CN3CCC2CC3)cc1Br.Cl.Cl. The maximum atomic E-state index is 5.64. The van der Waals surface area contributed by atoms with Crippen LogP contribution in [-0.4, -0.2) is 37.2 Å². The number of nitrogens with one attached hydrogen (secondary N) is 1. The Labute approximate surface area is 168 Å². The molecule has 3 heterocycles. The Hall–Kier alpha value is 0.480. The Bertz CT molecular complexity index is 488. The van der Waals surface area contributed by atoms with E-state index in [2.05, 4.69) is 54.2 Å². The summed E-state index contributed by atoms with van der Waals surface area (Å²) in [4.78, 5) is 2.59. The first-order chi connectivity index (χ1) is 10.2. The molecule has 3 aliphatic heterocycles. The van der Waals surface area contributed by atoms with Crippen molar-refractivity contribution in [2.24, 2.45) is 5.92 Å². The van der Waals surface area contributed by atoms with Crippen LogP contribution < -0.4 is 10.1 Å². The van der Waals surface area contributed by atoms with E-state index in [1.54, 1.807) is 0 Å². The van der Waals surface area contributed by atoms with Gasteiger partial charge in [-0.15, -0.1) is 24.8 Å². The van der Waals surface area contributed by atoms with E-state index in [1.165, 1.54) is 38.0 Å². The second kappa shape index (κ2) is 9.83. The van der Waals surface area contributed by atoms with Crippen LogP contribution in [0.3, 0.4) is 0 Å². The van der Waals surface area contributed by atoms with Crippen molar-refractivity contribution in [3.05, 3.63) is 26.6 Å². The summed E-state index contributed by atoms with van der Waals surface area (Å²) in [6.07, 6.45) is 2.71. The molecule has 2 bridgehead atoms. The first-order valence-electron chi connectivity index (χ1n) is 7.74. The summed E-state index contributed by atoms with van der Waals surface area (Å²) in [6, 6.07) is 4.96. The lowest BCUT2D eigenvalue weighted by Gasteiger charge is -2.45. The van der Waals surface area contributed by atoms with E-state index in [-0.39, 0.29) is 24.8 Å². The van der Waals surface area contributed by atoms with Crippen LogP contribution in [0.5, 0.6) is 5.75 Å². The van der Waals surface area contributed by atoms with Gasteiger partial charge in [-0.1, -0.05) is 0 Å². The molecule has 0 amide bonds. The highest BCUT2D eigenvalue weighted by molar-refractivity contribution is 9.11. The van der Waals surface area contributed by atoms with Crippen molar-refractivity contribution in [1.29, 1.82) is 0 Å². The third kappa shape index (κ3) is 5.23. The second-order valence-electron chi connectivity index (χ2n) is 5.95. The highest BCUT2D eigenvalue weighted by Crippen LogP contribution is 2.35. The molecule has 0 aromatic heterocycles. The summed E-state index contributed by atoms with van der Waals surface area (Å²) in [5, 5.41) is 3.75. The van der Waals surface area contributed by atoms with Gasteiger partial charge in [-0.25, -0.2) is 0 Å². The molecular weight excluding hydrogens is 467 g/mol. The van der Waals surface area contributed by atoms with Crippen LogP contribution in [0, 0.1) is 5.92 Å². The van der Waals surface area contributed by atoms with E-state index in [0.29, 0.717) is 12.6 Å². The summed E-state index contributed by atoms with van der Waals surface area (Å²) in [5.41, 5.74) is 1.29. The minimum Gasteiger partial charge on any atom is -0.492 e. The minimum absolute atomic E-state index is 0. The zero-order valence-electron chi connectivity index (χ0n) is 13.2. The highest BCUT2D eigenvalue weighted by atomic mass is 79.9. The summed E-state index contributed by atoms with van der Waals surface area (Å²) in [5.74, 6) is 1.76. The van der Waals surface area contributed by atoms with E-state index in [4.69, 9.17) is 4.74 Å². The maximum absolute atomic E-state index is 5.64. The third-order valence-electron chi connectivity index (χ3n) is 4.57. The first-order valence-corrected chi connectivity index (χ1v) is 9.32. The molecule has 0 saturated carbocycles. The van der Waals surface area contributed by atoms with Crippen molar-refractivity contribution in [2.75, 3.05) is 26.2 Å². The Morgan fingerprint density at radius 2 is 1.78 bits per heavy atom. The average Bonchev–Trinajstić information content (AvgIpc) is 2.50. The van der Waals surface area contributed by atoms with Crippen LogP contribution in [-0.2, 0) is 6.54 Å². The number of piperidine rings is 3. The van der Waals surface area contributed by atoms with Crippen molar-refractivity contribution in [3.8, 4) is 5.75 Å². The lowest BCUT2D eigenvalue weighted by molar-refractivity contribution is 0.0720. The Kier molecular flexibility index (Phi) is 9.20. The van der Waals surface area contributed by atoms with Gasteiger partial charge >= 0.3 is 0 Å². The van der Waals surface area contributed by atoms with Crippen LogP contribution in [0.15, 0.2) is 21.1 Å². The van der Waals surface area contributed by atoms with E-state index >= 15 is 0 Å². The van der Waals surface area contributed by atoms with Gasteiger partial charge in [0.2, 0.25) is 0 Å². The molecule has 0 spiro atoms. The molecule has 23 heavy (non-hydrogen) atoms. The molecule has 1 atom stereocenters. The molecule has 3 aliphatic rings. The summed E-state index contributed by atoms with van der Waals surface area (Å²) in [7, 11) is 0. The van der Waals surface area contributed by atoms with Gasteiger partial charge in [0, 0.05) is 19.1 Å². The van der Waals surface area contributed by atoms with Gasteiger partial charge in [0.05, 0.1) is 15.6 Å². The fourth-order valence-corrected chi connectivity index (χ4v) is 4.95. The quantitative estimate of drug-likeness (QED) is 0.651. The van der Waals surface area contributed by atoms with Crippen LogP contribution in [0.25, 0.3) is 0 Å². The van der Waals surface area contributed by atoms with Crippen LogP contribution in [0.4, 0.5) is 0 Å². The number of benzene rings is 1. The van der Waals surface area contributed by atoms with Crippen molar-refractivity contribution in [2.45, 2.75) is 32.4 Å². The standard InChI is InChI=1S/C16H22Br2N2O.2ClH/c1-2-21-16-13(17)7-11(8-14(16)18)9-19-15-10-20-5-3-12(15)4-6-20;;/h7-8,12,15,19H,2-6,9-10H2,1H3;2*1H. The minimum atomic E-state index is 0. The Morgan fingerprint density at radius 1 is 1.17 bits per heavy atom. The monoisotopic (exact) mass is 488 g/mol. The van der Waals surface area contributed by atoms with Gasteiger partial charge in [-0.05, 0) is 88.3 Å². The molecule has 0 aliphatic carbocycles. The average molecular weight is 491 g/mol. The number of hydrogen-bond acceptors (Lipinski definition) is 3. The number of hydrogen-bond donors (Lipinski definition) is 1. The molecule has 1 aromatic carbocycles. The summed E-state index contributed by atoms with van der Waals surface area (Å²) >= 11 is 7.21. The molecule has 1 N–H and O–H groups in total. The molecule has 1 unspecified atom stereocenters. The predicted octanol–water partition coefficient (Wildman–Crippen LogP) is 4.64. The van der Waals surface area contributed by atoms with Crippen molar-refractivity contribution >= 4 is 56.7 Å². The number of ether oxygens (including phenoxy) is 1. The van der Waals surface area contributed by atoms with Gasteiger partial charge in [-0.3, -0.25) is 0 Å². The largest absolute Gasteiger partial charge is 0.492 e. The molecule has 3 nitrogen and oxygen atoms in total. The number of fused-ring (bicyclic) bond motifs is 3. The van der Waals surface area contributed by atoms with Gasteiger partial charge in [0.15, 0.2) is 0 Å². The number of rotatable bonds is 5. The van der Waals surface area contributed by atoms with Crippen molar-refractivity contribution in [1.82, 2.24) is 10.2 Å². The van der Waals surface area contributed by atoms with E-state index in [9.17, 15) is 0 Å². The molecule has 3 fully saturated rings. The second-order valence-corrected chi connectivity index (χ2v) is 7.66. The van der Waals surface area contributed by atoms with E-state index in [1.807, 2.05) is 6.92 Å². The normalized spacial score (nSPS) is 25.4. The smallest absolute Gasteiger partial charge is 0.147 e. The van der Waals surface area contributed by atoms with Crippen LogP contribution >= 0.6 is 56.7 Å². The van der Waals surface area contributed by atoms with Gasteiger partial charge < -0.3 is 15.0 Å². The highest BCUT2D eigenvalue weighted by Gasteiger charge is 2.33. The van der Waals surface area contributed by atoms with E-state index in [0.717, 1.165) is 27.2 Å². The molecule has 7 heteroatoms. The lowest BCUT2D eigenvalue weighted by atomic mass is 9.84. The van der Waals surface area contributed by atoms with Crippen molar-refractivity contribution < 1.29 is 4.74 Å². The summed E-state index contributed by atoms with van der Waals surface area (Å²) in [6.45, 7) is 7.39. The Morgan fingerprint density at radius 3 is 2.26 bits per heavy atom. The predicted molar refractivity (Wildman–Crippen MR) is 107 cm³/mol. The number of halogens is 4. The lowest BCUT2D eigenvalue weighted by Crippen LogP contribution is -2.55. The van der Waals surface area contributed by atoms with Crippen LogP contribution in [0.2, 0.25) is 0 Å². The Balaban J connectivity index is 0.00000132. The third-order valence-corrected chi connectivity index (χ3v) is 5.75. The van der Waals surface area contributed by atoms with Gasteiger partial charge in [0.1, 0.15) is 5.75 Å².